The van der Waals surface area contributed by atoms with Crippen LogP contribution in [-0.4, -0.2) is 57.8 Å². The molecule has 6 nitrogen and oxygen atoms in total. The average Bonchev–Trinajstić information content (AvgIpc) is 3.19. The van der Waals surface area contributed by atoms with E-state index in [1.54, 1.807) is 13.8 Å². The van der Waals surface area contributed by atoms with E-state index >= 15 is 0 Å². The largest absolute Gasteiger partial charge is 0.386 e. The molecular weight excluding hydrogens is 426 g/mol. The molecule has 4 rings (SSSR count). The lowest BCUT2D eigenvalue weighted by atomic mass is 9.81. The Labute approximate surface area is 203 Å². The van der Waals surface area contributed by atoms with Gasteiger partial charge >= 0.3 is 0 Å². The number of ketones is 1. The normalized spacial score (nSPS) is 18.8. The molecule has 1 amide bonds. The van der Waals surface area contributed by atoms with Gasteiger partial charge in [0.25, 0.3) is 5.91 Å². The summed E-state index contributed by atoms with van der Waals surface area (Å²) < 4.78 is 2.23. The molecule has 2 aliphatic rings. The Kier molecular flexibility index (Phi) is 6.06. The quantitative estimate of drug-likeness (QED) is 0.686. The van der Waals surface area contributed by atoms with Crippen molar-refractivity contribution in [3.05, 3.63) is 58.4 Å². The number of likely N-dealkylation sites (N-methyl/N-ethyl adjacent to an activating group) is 1. The summed E-state index contributed by atoms with van der Waals surface area (Å²) in [6.07, 6.45) is 1.67. The number of benzene rings is 1. The van der Waals surface area contributed by atoms with Crippen LogP contribution in [0.4, 0.5) is 0 Å². The van der Waals surface area contributed by atoms with Crippen molar-refractivity contribution in [2.75, 3.05) is 26.7 Å². The first-order valence-corrected chi connectivity index (χ1v) is 12.3. The van der Waals surface area contributed by atoms with E-state index < -0.39 is 11.0 Å². The highest BCUT2D eigenvalue weighted by atomic mass is 16.3. The van der Waals surface area contributed by atoms with Crippen molar-refractivity contribution >= 4 is 11.7 Å². The van der Waals surface area contributed by atoms with Gasteiger partial charge in [0.1, 0.15) is 0 Å². The molecule has 1 aromatic carbocycles. The van der Waals surface area contributed by atoms with Gasteiger partial charge in [0.15, 0.2) is 5.78 Å². The first-order chi connectivity index (χ1) is 15.8. The van der Waals surface area contributed by atoms with E-state index in [0.29, 0.717) is 18.7 Å². The van der Waals surface area contributed by atoms with Gasteiger partial charge in [-0.1, -0.05) is 26.8 Å². The summed E-state index contributed by atoms with van der Waals surface area (Å²) in [6.45, 7) is 14.4. The van der Waals surface area contributed by atoms with Gasteiger partial charge in [0.2, 0.25) is 0 Å². The molecular formula is C28H39N3O3. The molecule has 0 radical (unpaired) electrons. The Hall–Kier alpha value is -2.44. The van der Waals surface area contributed by atoms with E-state index in [2.05, 4.69) is 22.6 Å². The second kappa shape index (κ2) is 8.35. The second-order valence-corrected chi connectivity index (χ2v) is 11.7. The fraction of sp³-hybridized carbons (Fsp3) is 0.571. The van der Waals surface area contributed by atoms with Crippen molar-refractivity contribution in [2.45, 2.75) is 72.1 Å². The number of hydrogen-bond acceptors (Lipinski definition) is 4. The van der Waals surface area contributed by atoms with Crippen LogP contribution in [0.1, 0.15) is 85.1 Å². The zero-order valence-electron chi connectivity index (χ0n) is 21.7. The number of likely N-dealkylation sites (tertiary alicyclic amines) is 1. The lowest BCUT2D eigenvalue weighted by Crippen LogP contribution is -2.56. The number of aromatic nitrogens is 1. The topological polar surface area (TPSA) is 65.8 Å². The Morgan fingerprint density at radius 1 is 0.941 bits per heavy atom. The van der Waals surface area contributed by atoms with Gasteiger partial charge in [0, 0.05) is 42.9 Å². The van der Waals surface area contributed by atoms with E-state index in [1.807, 2.05) is 56.9 Å². The van der Waals surface area contributed by atoms with Crippen molar-refractivity contribution in [1.29, 1.82) is 0 Å². The zero-order valence-corrected chi connectivity index (χ0v) is 21.7. The standard InChI is InChI=1S/C28H39N3O3/c1-19-18-20(8-9-21(19)27(5,6)34)25(33)30-14-12-28(13-15-30)23-11-10-22(24(32)26(2,3)4)31(23)17-16-29(28)7/h8-11,18,34H,12-17H2,1-7H3. The molecule has 1 aromatic heterocycles. The second-order valence-electron chi connectivity index (χ2n) is 11.7. The number of amides is 1. The number of hydrogen-bond donors (Lipinski definition) is 1. The van der Waals surface area contributed by atoms with Crippen LogP contribution in [0.15, 0.2) is 30.3 Å². The van der Waals surface area contributed by atoms with Crippen LogP contribution >= 0.6 is 0 Å². The lowest BCUT2D eigenvalue weighted by molar-refractivity contribution is 0.0126. The molecule has 34 heavy (non-hydrogen) atoms. The molecule has 2 aromatic rings. The number of nitrogens with zero attached hydrogens (tertiary/aromatic N) is 3. The third kappa shape index (κ3) is 4.11. The monoisotopic (exact) mass is 465 g/mol. The number of carbonyl (C=O) groups is 2. The van der Waals surface area contributed by atoms with E-state index in [0.717, 1.165) is 42.8 Å². The maximum absolute atomic E-state index is 13.3. The lowest BCUT2D eigenvalue weighted by Gasteiger charge is -2.50. The predicted octanol–water partition coefficient (Wildman–Crippen LogP) is 4.33. The summed E-state index contributed by atoms with van der Waals surface area (Å²) in [7, 11) is 2.16. The fourth-order valence-electron chi connectivity index (χ4n) is 5.74. The Morgan fingerprint density at radius 3 is 2.15 bits per heavy atom. The molecule has 6 heteroatoms. The van der Waals surface area contributed by atoms with Crippen molar-refractivity contribution < 1.29 is 14.7 Å². The first-order valence-electron chi connectivity index (χ1n) is 12.3. The van der Waals surface area contributed by atoms with Gasteiger partial charge in [-0.2, -0.15) is 0 Å². The van der Waals surface area contributed by atoms with Crippen molar-refractivity contribution in [1.82, 2.24) is 14.4 Å². The van der Waals surface area contributed by atoms with Gasteiger partial charge in [-0.05, 0) is 76.1 Å². The van der Waals surface area contributed by atoms with Gasteiger partial charge in [-0.15, -0.1) is 0 Å². The van der Waals surface area contributed by atoms with Crippen LogP contribution in [0.5, 0.6) is 0 Å². The van der Waals surface area contributed by atoms with Gasteiger partial charge in [0.05, 0.1) is 16.8 Å². The summed E-state index contributed by atoms with van der Waals surface area (Å²) >= 11 is 0. The molecule has 0 bridgehead atoms. The SMILES string of the molecule is Cc1cc(C(=O)N2CCC3(CC2)c2ccc(C(=O)C(C)(C)C)n2CCN3C)ccc1C(C)(C)O. The molecule has 2 aliphatic heterocycles. The molecule has 0 unspecified atom stereocenters. The number of fused-ring (bicyclic) bond motifs is 2. The minimum absolute atomic E-state index is 0.0395. The van der Waals surface area contributed by atoms with E-state index in [4.69, 9.17) is 0 Å². The zero-order chi connectivity index (χ0) is 25.1. The maximum atomic E-state index is 13.3. The van der Waals surface area contributed by atoms with Crippen molar-refractivity contribution in [3.63, 3.8) is 0 Å². The summed E-state index contributed by atoms with van der Waals surface area (Å²) in [6, 6.07) is 9.71. The van der Waals surface area contributed by atoms with Crippen LogP contribution in [0.2, 0.25) is 0 Å². The summed E-state index contributed by atoms with van der Waals surface area (Å²) in [4.78, 5) is 30.7. The van der Waals surface area contributed by atoms with E-state index in [1.165, 1.54) is 5.69 Å². The molecule has 0 aliphatic carbocycles. The summed E-state index contributed by atoms with van der Waals surface area (Å²) in [5.41, 5.74) is 2.92. The number of piperidine rings is 1. The van der Waals surface area contributed by atoms with E-state index in [9.17, 15) is 14.7 Å². The Bertz CT molecular complexity index is 1110. The minimum Gasteiger partial charge on any atom is -0.386 e. The smallest absolute Gasteiger partial charge is 0.253 e. The first kappa shape index (κ1) is 24.7. The highest BCUT2D eigenvalue weighted by Crippen LogP contribution is 2.42. The van der Waals surface area contributed by atoms with Crippen LogP contribution in [0.3, 0.4) is 0 Å². The number of aryl methyl sites for hydroxylation is 1. The molecule has 0 saturated carbocycles. The van der Waals surface area contributed by atoms with Crippen molar-refractivity contribution in [2.24, 2.45) is 5.41 Å². The molecule has 1 fully saturated rings. The number of carbonyl (C=O) groups excluding carboxylic acids is 2. The molecule has 1 saturated heterocycles. The number of rotatable bonds is 3. The fourth-order valence-corrected chi connectivity index (χ4v) is 5.74. The van der Waals surface area contributed by atoms with Crippen LogP contribution < -0.4 is 0 Å². The molecule has 0 atom stereocenters. The predicted molar refractivity (Wildman–Crippen MR) is 134 cm³/mol. The minimum atomic E-state index is -0.934. The summed E-state index contributed by atoms with van der Waals surface area (Å²) in [5, 5.41) is 10.4. The number of Topliss-reactive ketones (excluding diaryl/α,β-unsaturated/α-hetero) is 1. The van der Waals surface area contributed by atoms with Gasteiger partial charge in [-0.25, -0.2) is 0 Å². The van der Waals surface area contributed by atoms with Gasteiger partial charge < -0.3 is 14.6 Å². The van der Waals surface area contributed by atoms with Gasteiger partial charge in [-0.3, -0.25) is 14.5 Å². The van der Waals surface area contributed by atoms with Crippen LogP contribution in [0, 0.1) is 12.3 Å². The third-order valence-corrected chi connectivity index (χ3v) is 7.77. The molecule has 184 valence electrons. The molecule has 1 spiro atoms. The number of aliphatic hydroxyl groups is 1. The average molecular weight is 466 g/mol. The van der Waals surface area contributed by atoms with Crippen LogP contribution in [-0.2, 0) is 17.7 Å². The highest BCUT2D eigenvalue weighted by molar-refractivity contribution is 5.98. The Morgan fingerprint density at radius 2 is 1.59 bits per heavy atom. The maximum Gasteiger partial charge on any atom is 0.253 e. The Balaban J connectivity index is 1.56. The van der Waals surface area contributed by atoms with E-state index in [-0.39, 0.29) is 17.2 Å². The third-order valence-electron chi connectivity index (χ3n) is 7.77. The molecule has 1 N–H and O–H groups in total. The highest BCUT2D eigenvalue weighted by Gasteiger charge is 2.45. The molecule has 3 heterocycles. The van der Waals surface area contributed by atoms with Crippen molar-refractivity contribution in [3.8, 4) is 0 Å². The van der Waals surface area contributed by atoms with Crippen LogP contribution in [0.25, 0.3) is 0 Å². The summed E-state index contributed by atoms with van der Waals surface area (Å²) in [5.74, 6) is 0.216.